The predicted octanol–water partition coefficient (Wildman–Crippen LogP) is 7.97. The zero-order chi connectivity index (χ0) is 34.1. The number of nitrogens with zero attached hydrogens (tertiary/aromatic N) is 3. The second kappa shape index (κ2) is 14.1. The van der Waals surface area contributed by atoms with E-state index in [1.807, 2.05) is 51.9 Å². The predicted molar refractivity (Wildman–Crippen MR) is 196 cm³/mol. The number of amides is 1. The number of aromatic nitrogens is 2. The number of carbonyl (C=O) groups is 1. The van der Waals surface area contributed by atoms with E-state index < -0.39 is 26.9 Å². The van der Waals surface area contributed by atoms with E-state index in [0.717, 1.165) is 31.6 Å². The number of rotatable bonds is 9. The first-order chi connectivity index (χ1) is 23.6. The summed E-state index contributed by atoms with van der Waals surface area (Å²) in [6.45, 7) is -0.292. The normalized spacial score (nSPS) is 16.9. The van der Waals surface area contributed by atoms with Crippen LogP contribution in [0.2, 0.25) is 10.0 Å². The summed E-state index contributed by atoms with van der Waals surface area (Å²) in [7, 11) is -5.00. The third kappa shape index (κ3) is 7.48. The van der Waals surface area contributed by atoms with Crippen LogP contribution in [0, 0.1) is 5.92 Å². The highest BCUT2D eigenvalue weighted by Gasteiger charge is 2.34. The largest absolute Gasteiger partial charge is 0.326 e. The van der Waals surface area contributed by atoms with Crippen molar-refractivity contribution in [1.82, 2.24) is 14.3 Å². The fourth-order valence-corrected chi connectivity index (χ4v) is 9.64. The molecule has 1 amide bonds. The smallest absolute Gasteiger partial charge is 0.303 e. The van der Waals surface area contributed by atoms with Crippen LogP contribution in [0.4, 0.5) is 5.69 Å². The number of nitrogens with one attached hydrogen (secondary N) is 1. The molecule has 1 saturated carbocycles. The summed E-state index contributed by atoms with van der Waals surface area (Å²) < 4.78 is 43.4. The molecule has 0 radical (unpaired) electrons. The first-order valence-corrected chi connectivity index (χ1v) is 19.7. The Balaban J connectivity index is 1.18. The third-order valence-electron chi connectivity index (χ3n) is 9.06. The van der Waals surface area contributed by atoms with Crippen LogP contribution in [0.5, 0.6) is 0 Å². The van der Waals surface area contributed by atoms with E-state index in [4.69, 9.17) is 28.2 Å². The van der Waals surface area contributed by atoms with Crippen LogP contribution in [0.25, 0.3) is 28.1 Å². The second-order valence-electron chi connectivity index (χ2n) is 12.5. The van der Waals surface area contributed by atoms with Crippen LogP contribution in [-0.4, -0.2) is 40.4 Å². The molecule has 1 unspecified atom stereocenters. The van der Waals surface area contributed by atoms with Crippen LogP contribution >= 0.6 is 23.2 Å². The molecule has 12 heteroatoms. The molecule has 1 atom stereocenters. The fourth-order valence-electron chi connectivity index (χ4n) is 6.55. The molecular weight excluding hydrogens is 699 g/mol. The minimum atomic E-state index is -3.97. The van der Waals surface area contributed by atoms with Gasteiger partial charge in [0.2, 0.25) is 0 Å². The Labute approximate surface area is 298 Å². The summed E-state index contributed by atoms with van der Waals surface area (Å²) in [6.07, 6.45) is 8.42. The van der Waals surface area contributed by atoms with Gasteiger partial charge in [-0.25, -0.2) is 14.0 Å². The Bertz CT molecular complexity index is 2160. The van der Waals surface area contributed by atoms with Gasteiger partial charge in [0.25, 0.3) is 5.91 Å². The van der Waals surface area contributed by atoms with Crippen LogP contribution in [0.3, 0.4) is 0 Å². The van der Waals surface area contributed by atoms with Crippen molar-refractivity contribution in [2.75, 3.05) is 16.6 Å². The van der Waals surface area contributed by atoms with Gasteiger partial charge in [0.1, 0.15) is 12.4 Å². The molecule has 7 rings (SSSR count). The lowest BCUT2D eigenvalue weighted by atomic mass is 9.91. The number of hydrogen-bond acceptors (Lipinski definition) is 5. The molecule has 1 aliphatic carbocycles. The van der Waals surface area contributed by atoms with Gasteiger partial charge >= 0.3 is 10.2 Å². The van der Waals surface area contributed by atoms with Crippen molar-refractivity contribution >= 4 is 55.8 Å². The Morgan fingerprint density at radius 3 is 2.35 bits per heavy atom. The Hall–Kier alpha value is -3.96. The standard InChI is InChI=1S/C37H34Cl2N4O4S2/c38-29-16-17-33(34(39)20-29)35-22-42(30-9-5-10-31(21-30)43-23-37(44)41-49(43,46)47)36(40-35)18-25-12-14-27(15-13-25)28-8-4-11-32(19-28)48(45)24-26-6-2-1-3-7-26/h4-5,8-17,19-22,26H,1-3,6-7,18,23-24H2,(H,41,44). The molecule has 49 heavy (non-hydrogen) atoms. The van der Waals surface area contributed by atoms with Gasteiger partial charge in [0.05, 0.1) is 27.2 Å². The Morgan fingerprint density at radius 1 is 0.857 bits per heavy atom. The molecule has 2 aliphatic rings. The van der Waals surface area contributed by atoms with Crippen molar-refractivity contribution < 1.29 is 17.4 Å². The zero-order valence-corrected chi connectivity index (χ0v) is 29.7. The summed E-state index contributed by atoms with van der Waals surface area (Å²) in [5.41, 5.74) is 5.41. The maximum Gasteiger partial charge on any atom is 0.326 e. The number of benzene rings is 4. The van der Waals surface area contributed by atoms with Crippen LogP contribution in [0.1, 0.15) is 43.5 Å². The van der Waals surface area contributed by atoms with Crippen LogP contribution in [0.15, 0.2) is 102 Å². The molecule has 4 aromatic carbocycles. The number of anilines is 1. The van der Waals surface area contributed by atoms with E-state index in [-0.39, 0.29) is 6.54 Å². The highest BCUT2D eigenvalue weighted by atomic mass is 35.5. The van der Waals surface area contributed by atoms with Crippen molar-refractivity contribution in [2.24, 2.45) is 5.92 Å². The minimum absolute atomic E-state index is 0.292. The number of halogens is 2. The van der Waals surface area contributed by atoms with Gasteiger partial charge in [-0.05, 0) is 84.0 Å². The van der Waals surface area contributed by atoms with E-state index in [1.165, 1.54) is 32.1 Å². The molecule has 2 heterocycles. The van der Waals surface area contributed by atoms with Gasteiger partial charge in [-0.15, -0.1) is 0 Å². The van der Waals surface area contributed by atoms with Gasteiger partial charge in [-0.2, -0.15) is 8.42 Å². The zero-order valence-electron chi connectivity index (χ0n) is 26.5. The van der Waals surface area contributed by atoms with E-state index in [0.29, 0.717) is 50.8 Å². The monoisotopic (exact) mass is 732 g/mol. The first kappa shape index (κ1) is 33.5. The van der Waals surface area contributed by atoms with Gasteiger partial charge in [-0.3, -0.25) is 9.00 Å². The summed E-state index contributed by atoms with van der Waals surface area (Å²) in [5, 5.41) is 0.966. The lowest BCUT2D eigenvalue weighted by Crippen LogP contribution is -2.29. The molecule has 1 N–H and O–H groups in total. The van der Waals surface area contributed by atoms with Gasteiger partial charge in [0, 0.05) is 39.5 Å². The lowest BCUT2D eigenvalue weighted by molar-refractivity contribution is -0.117. The van der Waals surface area contributed by atoms with Gasteiger partial charge < -0.3 is 4.57 Å². The van der Waals surface area contributed by atoms with E-state index >= 15 is 0 Å². The average Bonchev–Trinajstić information content (AvgIpc) is 3.63. The molecule has 1 aromatic heterocycles. The molecule has 1 saturated heterocycles. The number of imidazole rings is 1. The maximum absolute atomic E-state index is 13.2. The third-order valence-corrected chi connectivity index (χ3v) is 12.6. The van der Waals surface area contributed by atoms with Crippen LogP contribution < -0.4 is 9.03 Å². The molecule has 8 nitrogen and oxygen atoms in total. The second-order valence-corrected chi connectivity index (χ2v) is 16.4. The van der Waals surface area contributed by atoms with Crippen molar-refractivity contribution in [3.63, 3.8) is 0 Å². The molecule has 252 valence electrons. The number of hydrogen-bond donors (Lipinski definition) is 1. The van der Waals surface area contributed by atoms with Gasteiger partial charge in [-0.1, -0.05) is 84.9 Å². The van der Waals surface area contributed by atoms with E-state index in [1.54, 1.807) is 30.3 Å². The van der Waals surface area contributed by atoms with Crippen molar-refractivity contribution in [2.45, 2.75) is 43.4 Å². The Morgan fingerprint density at radius 2 is 1.61 bits per heavy atom. The molecule has 0 bridgehead atoms. The van der Waals surface area contributed by atoms with Crippen molar-refractivity contribution in [3.8, 4) is 28.1 Å². The molecule has 5 aromatic rings. The summed E-state index contributed by atoms with van der Waals surface area (Å²) in [6, 6.07) is 28.4. The Kier molecular flexibility index (Phi) is 9.66. The highest BCUT2D eigenvalue weighted by molar-refractivity contribution is 7.92. The van der Waals surface area contributed by atoms with Gasteiger partial charge in [0.15, 0.2) is 0 Å². The summed E-state index contributed by atoms with van der Waals surface area (Å²) in [5.74, 6) is 1.38. The fraction of sp³-hybridized carbons (Fsp3) is 0.243. The minimum Gasteiger partial charge on any atom is -0.303 e. The average molecular weight is 734 g/mol. The van der Waals surface area contributed by atoms with Crippen LogP contribution in [-0.2, 0) is 32.2 Å². The lowest BCUT2D eigenvalue weighted by Gasteiger charge is -2.21. The SMILES string of the molecule is O=C1CN(c2cccc(-n3cc(-c4ccc(Cl)cc4Cl)nc3Cc3ccc(-c4cccc(S(=O)CC5CCCCC5)c4)cc3)c2)S(=O)(=O)N1. The molecule has 2 fully saturated rings. The van der Waals surface area contributed by atoms with Crippen molar-refractivity contribution in [3.05, 3.63) is 119 Å². The molecule has 0 spiro atoms. The topological polar surface area (TPSA) is 101 Å². The highest BCUT2D eigenvalue weighted by Crippen LogP contribution is 2.33. The quantitative estimate of drug-likeness (QED) is 0.166. The molecule has 1 aliphatic heterocycles. The first-order valence-electron chi connectivity index (χ1n) is 16.2. The summed E-state index contributed by atoms with van der Waals surface area (Å²) in [4.78, 5) is 17.8. The van der Waals surface area contributed by atoms with Crippen molar-refractivity contribution in [1.29, 1.82) is 0 Å². The molecular formula is C37H34Cl2N4O4S2. The van der Waals surface area contributed by atoms with E-state index in [2.05, 4.69) is 24.3 Å². The summed E-state index contributed by atoms with van der Waals surface area (Å²) >= 11 is 12.7. The maximum atomic E-state index is 13.2. The van der Waals surface area contributed by atoms with E-state index in [9.17, 15) is 17.4 Å². The number of carbonyl (C=O) groups excluding carboxylic acids is 1.